The first kappa shape index (κ1) is 15.1. The molecule has 0 aromatic heterocycles. The van der Waals surface area contributed by atoms with E-state index < -0.39 is 0 Å². The zero-order valence-corrected chi connectivity index (χ0v) is 13.4. The molecule has 0 atom stereocenters. The van der Waals surface area contributed by atoms with E-state index in [4.69, 9.17) is 0 Å². The summed E-state index contributed by atoms with van der Waals surface area (Å²) in [6.45, 7) is 0. The molecule has 1 saturated heterocycles. The van der Waals surface area contributed by atoms with Gasteiger partial charge in [0.05, 0.1) is 18.5 Å². The van der Waals surface area contributed by atoms with Gasteiger partial charge in [-0.15, -0.1) is 0 Å². The molecule has 0 amide bonds. The highest BCUT2D eigenvalue weighted by atomic mass is 15.4. The monoisotopic (exact) mass is 315 g/mol. The first-order valence-electron chi connectivity index (χ1n) is 8.33. The van der Waals surface area contributed by atoms with Gasteiger partial charge in [0.2, 0.25) is 0 Å². The molecular formula is C21H21N3. The van der Waals surface area contributed by atoms with E-state index in [2.05, 4.69) is 88.7 Å². The van der Waals surface area contributed by atoms with Crippen LogP contribution in [0.4, 0.5) is 0 Å². The Labute approximate surface area is 142 Å². The minimum absolute atomic E-state index is 0.0860. The minimum Gasteiger partial charge on any atom is -0.279 e. The van der Waals surface area contributed by atoms with Crippen molar-refractivity contribution in [1.29, 1.82) is 0 Å². The van der Waals surface area contributed by atoms with Gasteiger partial charge in [0.25, 0.3) is 0 Å². The molecule has 120 valence electrons. The Balaban J connectivity index is 1.66. The highest BCUT2D eigenvalue weighted by Crippen LogP contribution is 2.26. The lowest BCUT2D eigenvalue weighted by molar-refractivity contribution is 0.203. The maximum Gasteiger partial charge on any atom is 0.0864 e. The van der Waals surface area contributed by atoms with Crippen molar-refractivity contribution in [2.45, 2.75) is 18.5 Å². The fraction of sp³-hybridized carbons (Fsp3) is 0.143. The van der Waals surface area contributed by atoms with Crippen LogP contribution in [-0.4, -0.2) is 0 Å². The third-order valence-corrected chi connectivity index (χ3v) is 4.40. The topological polar surface area (TPSA) is 36.1 Å². The molecule has 24 heavy (non-hydrogen) atoms. The van der Waals surface area contributed by atoms with Crippen LogP contribution in [0.1, 0.15) is 35.2 Å². The van der Waals surface area contributed by atoms with Crippen molar-refractivity contribution in [3.05, 3.63) is 108 Å². The number of hydrogen-bond acceptors (Lipinski definition) is 3. The van der Waals surface area contributed by atoms with Crippen LogP contribution in [0.25, 0.3) is 0 Å². The number of hydrogen-bond donors (Lipinski definition) is 3. The SMILES string of the molecule is c1ccc(C2NC(c3ccccc3)NC(c3ccccc3)N2)cc1. The molecule has 0 radical (unpaired) electrons. The average Bonchev–Trinajstić information content (AvgIpc) is 2.70. The highest BCUT2D eigenvalue weighted by Gasteiger charge is 2.29. The van der Waals surface area contributed by atoms with E-state index in [1.165, 1.54) is 16.7 Å². The van der Waals surface area contributed by atoms with Gasteiger partial charge >= 0.3 is 0 Å². The van der Waals surface area contributed by atoms with Crippen molar-refractivity contribution in [1.82, 2.24) is 16.0 Å². The van der Waals surface area contributed by atoms with Gasteiger partial charge in [-0.1, -0.05) is 91.0 Å². The van der Waals surface area contributed by atoms with Crippen molar-refractivity contribution >= 4 is 0 Å². The molecule has 0 saturated carbocycles. The van der Waals surface area contributed by atoms with Crippen LogP contribution in [0.2, 0.25) is 0 Å². The molecule has 4 rings (SSSR count). The first-order valence-corrected chi connectivity index (χ1v) is 8.33. The molecule has 1 aliphatic rings. The number of rotatable bonds is 3. The van der Waals surface area contributed by atoms with Gasteiger partial charge in [-0.25, -0.2) is 0 Å². The third-order valence-electron chi connectivity index (χ3n) is 4.40. The summed E-state index contributed by atoms with van der Waals surface area (Å²) in [6.07, 6.45) is 0.258. The lowest BCUT2D eigenvalue weighted by atomic mass is 10.0. The zero-order valence-electron chi connectivity index (χ0n) is 13.4. The highest BCUT2D eigenvalue weighted by molar-refractivity contribution is 5.26. The lowest BCUT2D eigenvalue weighted by Crippen LogP contribution is -2.54. The molecule has 0 unspecified atom stereocenters. The molecule has 3 N–H and O–H groups in total. The quantitative estimate of drug-likeness (QED) is 0.687. The van der Waals surface area contributed by atoms with E-state index in [1.807, 2.05) is 18.2 Å². The van der Waals surface area contributed by atoms with Crippen LogP contribution in [0.3, 0.4) is 0 Å². The molecule has 0 bridgehead atoms. The molecule has 0 spiro atoms. The molecule has 1 fully saturated rings. The van der Waals surface area contributed by atoms with E-state index in [0.29, 0.717) is 0 Å². The fourth-order valence-electron chi connectivity index (χ4n) is 3.16. The van der Waals surface area contributed by atoms with Gasteiger partial charge in [0, 0.05) is 0 Å². The fourth-order valence-corrected chi connectivity index (χ4v) is 3.16. The van der Waals surface area contributed by atoms with Gasteiger partial charge in [-0.05, 0) is 16.7 Å². The van der Waals surface area contributed by atoms with Crippen LogP contribution < -0.4 is 16.0 Å². The molecule has 3 aromatic rings. The second-order valence-corrected chi connectivity index (χ2v) is 6.03. The van der Waals surface area contributed by atoms with Gasteiger partial charge in [-0.2, -0.15) is 0 Å². The largest absolute Gasteiger partial charge is 0.279 e. The van der Waals surface area contributed by atoms with E-state index in [0.717, 1.165) is 0 Å². The molecule has 1 heterocycles. The first-order chi connectivity index (χ1) is 11.9. The Morgan fingerprint density at radius 2 is 0.625 bits per heavy atom. The van der Waals surface area contributed by atoms with Crippen molar-refractivity contribution in [2.75, 3.05) is 0 Å². The average molecular weight is 315 g/mol. The van der Waals surface area contributed by atoms with Crippen LogP contribution in [0.15, 0.2) is 91.0 Å². The Morgan fingerprint density at radius 1 is 0.375 bits per heavy atom. The smallest absolute Gasteiger partial charge is 0.0864 e. The van der Waals surface area contributed by atoms with E-state index in [-0.39, 0.29) is 18.5 Å². The van der Waals surface area contributed by atoms with Crippen LogP contribution >= 0.6 is 0 Å². The minimum atomic E-state index is 0.0860. The molecule has 0 aliphatic carbocycles. The summed E-state index contributed by atoms with van der Waals surface area (Å²) in [5.74, 6) is 0. The summed E-state index contributed by atoms with van der Waals surface area (Å²) in [7, 11) is 0. The molecule has 3 heteroatoms. The molecule has 1 aliphatic heterocycles. The number of benzene rings is 3. The summed E-state index contributed by atoms with van der Waals surface area (Å²) in [5, 5.41) is 11.0. The van der Waals surface area contributed by atoms with Crippen molar-refractivity contribution < 1.29 is 0 Å². The Bertz CT molecular complexity index is 645. The predicted molar refractivity (Wildman–Crippen MR) is 97.0 cm³/mol. The Morgan fingerprint density at radius 3 is 0.875 bits per heavy atom. The number of nitrogens with one attached hydrogen (secondary N) is 3. The summed E-state index contributed by atoms with van der Waals surface area (Å²) >= 11 is 0. The maximum absolute atomic E-state index is 3.66. The predicted octanol–water partition coefficient (Wildman–Crippen LogP) is 3.87. The third kappa shape index (κ3) is 3.24. The van der Waals surface area contributed by atoms with Gasteiger partial charge < -0.3 is 0 Å². The standard InChI is InChI=1S/C21H21N3/c1-4-10-16(11-5-1)19-22-20(17-12-6-2-7-13-17)24-21(23-19)18-14-8-3-9-15-18/h1-15,19-24H. The van der Waals surface area contributed by atoms with Gasteiger partial charge in [0.15, 0.2) is 0 Å². The maximum atomic E-state index is 3.66. The second-order valence-electron chi connectivity index (χ2n) is 6.03. The van der Waals surface area contributed by atoms with Crippen molar-refractivity contribution in [3.8, 4) is 0 Å². The van der Waals surface area contributed by atoms with Gasteiger partial charge in [-0.3, -0.25) is 16.0 Å². The van der Waals surface area contributed by atoms with Crippen LogP contribution in [-0.2, 0) is 0 Å². The van der Waals surface area contributed by atoms with Crippen molar-refractivity contribution in [2.24, 2.45) is 0 Å². The van der Waals surface area contributed by atoms with Crippen molar-refractivity contribution in [3.63, 3.8) is 0 Å². The Kier molecular flexibility index (Phi) is 4.38. The second kappa shape index (κ2) is 6.97. The van der Waals surface area contributed by atoms with E-state index in [9.17, 15) is 0 Å². The van der Waals surface area contributed by atoms with Gasteiger partial charge in [0.1, 0.15) is 0 Å². The zero-order chi connectivity index (χ0) is 16.2. The summed E-state index contributed by atoms with van der Waals surface area (Å²) in [4.78, 5) is 0. The normalized spacial score (nSPS) is 23.8. The Hall–Kier alpha value is -2.46. The van der Waals surface area contributed by atoms with E-state index >= 15 is 0 Å². The molecule has 3 nitrogen and oxygen atoms in total. The van der Waals surface area contributed by atoms with Crippen LogP contribution in [0.5, 0.6) is 0 Å². The summed E-state index contributed by atoms with van der Waals surface area (Å²) in [6, 6.07) is 31.5. The summed E-state index contributed by atoms with van der Waals surface area (Å²) < 4.78 is 0. The molecule has 3 aromatic carbocycles. The lowest BCUT2D eigenvalue weighted by Gasteiger charge is -2.39. The summed E-state index contributed by atoms with van der Waals surface area (Å²) in [5.41, 5.74) is 3.71. The van der Waals surface area contributed by atoms with E-state index in [1.54, 1.807) is 0 Å². The molecular weight excluding hydrogens is 294 g/mol. The van der Waals surface area contributed by atoms with Crippen LogP contribution in [0, 0.1) is 0 Å².